The molecular formula is C29H26N2O6. The van der Waals surface area contributed by atoms with Crippen LogP contribution in [0.1, 0.15) is 40.1 Å². The molecular weight excluding hydrogens is 472 g/mol. The molecule has 0 atom stereocenters. The highest BCUT2D eigenvalue weighted by atomic mass is 16.6. The molecule has 4 aromatic carbocycles. The molecule has 4 rings (SSSR count). The lowest BCUT2D eigenvalue weighted by Crippen LogP contribution is -2.17. The van der Waals surface area contributed by atoms with E-state index in [9.17, 15) is 14.7 Å². The van der Waals surface area contributed by atoms with E-state index in [1.54, 1.807) is 48.5 Å². The van der Waals surface area contributed by atoms with Crippen LogP contribution in [0.5, 0.6) is 23.0 Å². The van der Waals surface area contributed by atoms with E-state index in [1.165, 1.54) is 12.3 Å². The fraction of sp³-hybridized carbons (Fsp3) is 0.138. The molecule has 188 valence electrons. The lowest BCUT2D eigenvalue weighted by molar-refractivity contribution is 0.0728. The quantitative estimate of drug-likeness (QED) is 0.140. The summed E-state index contributed by atoms with van der Waals surface area (Å²) >= 11 is 0. The summed E-state index contributed by atoms with van der Waals surface area (Å²) in [7, 11) is 0. The van der Waals surface area contributed by atoms with Crippen LogP contribution in [0.25, 0.3) is 10.8 Å². The number of esters is 1. The largest absolute Gasteiger partial charge is 0.507 e. The summed E-state index contributed by atoms with van der Waals surface area (Å²) in [6, 6.07) is 22.1. The van der Waals surface area contributed by atoms with Crippen molar-refractivity contribution in [3.05, 3.63) is 95.6 Å². The summed E-state index contributed by atoms with van der Waals surface area (Å²) in [6.45, 7) is 4.59. The number of rotatable bonds is 9. The first-order valence-electron chi connectivity index (χ1n) is 11.8. The number of nitrogens with zero attached hydrogens (tertiary/aromatic N) is 1. The van der Waals surface area contributed by atoms with Crippen molar-refractivity contribution in [1.82, 2.24) is 5.43 Å². The summed E-state index contributed by atoms with van der Waals surface area (Å²) in [6.07, 6.45) is 1.43. The lowest BCUT2D eigenvalue weighted by Gasteiger charge is -2.11. The number of carbonyl (C=O) groups is 2. The molecule has 4 aromatic rings. The van der Waals surface area contributed by atoms with Crippen molar-refractivity contribution in [2.45, 2.75) is 13.8 Å². The molecule has 37 heavy (non-hydrogen) atoms. The molecule has 0 aliphatic carbocycles. The van der Waals surface area contributed by atoms with Crippen molar-refractivity contribution < 1.29 is 28.9 Å². The zero-order chi connectivity index (χ0) is 26.2. The number of nitrogens with one attached hydrogen (secondary N) is 1. The van der Waals surface area contributed by atoms with Crippen molar-refractivity contribution in [3.63, 3.8) is 0 Å². The molecule has 0 fully saturated rings. The molecule has 0 bridgehead atoms. The van der Waals surface area contributed by atoms with Gasteiger partial charge >= 0.3 is 5.97 Å². The number of phenolic OH excluding ortho intramolecular Hbond substituents is 1. The van der Waals surface area contributed by atoms with E-state index >= 15 is 0 Å². The Balaban J connectivity index is 1.45. The summed E-state index contributed by atoms with van der Waals surface area (Å²) < 4.78 is 16.6. The predicted molar refractivity (Wildman–Crippen MR) is 141 cm³/mol. The van der Waals surface area contributed by atoms with E-state index in [0.717, 1.165) is 10.8 Å². The molecule has 0 heterocycles. The Kier molecular flexibility index (Phi) is 8.00. The van der Waals surface area contributed by atoms with Crippen molar-refractivity contribution in [1.29, 1.82) is 0 Å². The minimum atomic E-state index is -0.551. The normalized spacial score (nSPS) is 10.9. The average Bonchev–Trinajstić information content (AvgIpc) is 2.90. The van der Waals surface area contributed by atoms with Crippen LogP contribution in [0.15, 0.2) is 84.0 Å². The van der Waals surface area contributed by atoms with Gasteiger partial charge < -0.3 is 19.3 Å². The third-order valence-electron chi connectivity index (χ3n) is 5.36. The van der Waals surface area contributed by atoms with Crippen molar-refractivity contribution in [2.75, 3.05) is 13.2 Å². The number of carbonyl (C=O) groups excluding carboxylic acids is 2. The van der Waals surface area contributed by atoms with Gasteiger partial charge in [0.15, 0.2) is 11.5 Å². The van der Waals surface area contributed by atoms with E-state index in [2.05, 4.69) is 10.5 Å². The molecule has 1 amide bonds. The standard InChI is InChI=1S/C29H26N2O6/c1-3-35-23-12-10-20(11-13-23)29(34)37-26-14-9-19(15-27(26)36-4-2)18-30-31-28(33)24-16-21-7-5-6-8-22(21)17-25(24)32/h5-18,32H,3-4H2,1-2H3,(H,31,33). The molecule has 0 unspecified atom stereocenters. The first-order chi connectivity index (χ1) is 18.0. The highest BCUT2D eigenvalue weighted by Gasteiger charge is 2.14. The third-order valence-corrected chi connectivity index (χ3v) is 5.36. The Labute approximate surface area is 214 Å². The Morgan fingerprint density at radius 2 is 1.57 bits per heavy atom. The SMILES string of the molecule is CCOc1ccc(C(=O)Oc2ccc(C=NNC(=O)c3cc4ccccc4cc3O)cc2OCC)cc1. The lowest BCUT2D eigenvalue weighted by atomic mass is 10.1. The highest BCUT2D eigenvalue weighted by molar-refractivity contribution is 6.01. The van der Waals surface area contributed by atoms with E-state index in [1.807, 2.05) is 38.1 Å². The van der Waals surface area contributed by atoms with Gasteiger partial charge in [-0.15, -0.1) is 0 Å². The van der Waals surface area contributed by atoms with Crippen molar-refractivity contribution >= 4 is 28.9 Å². The Hall–Kier alpha value is -4.85. The number of phenols is 1. The Bertz CT molecular complexity index is 1450. The fourth-order valence-corrected chi connectivity index (χ4v) is 3.61. The van der Waals surface area contributed by atoms with Crippen LogP contribution >= 0.6 is 0 Å². The predicted octanol–water partition coefficient (Wildman–Crippen LogP) is 5.33. The van der Waals surface area contributed by atoms with Crippen LogP contribution < -0.4 is 19.6 Å². The number of hydrazone groups is 1. The van der Waals surface area contributed by atoms with Gasteiger partial charge in [0.25, 0.3) is 5.91 Å². The Morgan fingerprint density at radius 3 is 2.27 bits per heavy atom. The first kappa shape index (κ1) is 25.2. The summed E-state index contributed by atoms with van der Waals surface area (Å²) in [4.78, 5) is 25.2. The maximum absolute atomic E-state index is 12.6. The van der Waals surface area contributed by atoms with Gasteiger partial charge in [0, 0.05) is 0 Å². The minimum Gasteiger partial charge on any atom is -0.507 e. The number of benzene rings is 4. The van der Waals surface area contributed by atoms with Gasteiger partial charge in [0.2, 0.25) is 0 Å². The number of amides is 1. The van der Waals surface area contributed by atoms with Gasteiger partial charge in [-0.3, -0.25) is 4.79 Å². The minimum absolute atomic E-state index is 0.113. The van der Waals surface area contributed by atoms with Crippen LogP contribution in [0, 0.1) is 0 Å². The maximum Gasteiger partial charge on any atom is 0.343 e. The number of ether oxygens (including phenoxy) is 3. The van der Waals surface area contributed by atoms with Gasteiger partial charge in [0.05, 0.1) is 30.6 Å². The number of aromatic hydroxyl groups is 1. The van der Waals surface area contributed by atoms with Crippen molar-refractivity contribution in [2.24, 2.45) is 5.10 Å². The van der Waals surface area contributed by atoms with Crippen LogP contribution in [-0.2, 0) is 0 Å². The molecule has 0 aromatic heterocycles. The zero-order valence-corrected chi connectivity index (χ0v) is 20.4. The first-order valence-corrected chi connectivity index (χ1v) is 11.8. The Morgan fingerprint density at radius 1 is 0.865 bits per heavy atom. The van der Waals surface area contributed by atoms with E-state index in [0.29, 0.717) is 35.8 Å². The molecule has 0 radical (unpaired) electrons. The van der Waals surface area contributed by atoms with Gasteiger partial charge in [-0.2, -0.15) is 5.10 Å². The molecule has 0 saturated heterocycles. The molecule has 8 heteroatoms. The monoisotopic (exact) mass is 498 g/mol. The molecule has 0 spiro atoms. The topological polar surface area (TPSA) is 106 Å². The van der Waals surface area contributed by atoms with Crippen LogP contribution in [0.3, 0.4) is 0 Å². The van der Waals surface area contributed by atoms with Crippen LogP contribution in [0.4, 0.5) is 0 Å². The third kappa shape index (κ3) is 6.24. The average molecular weight is 499 g/mol. The molecule has 2 N–H and O–H groups in total. The highest BCUT2D eigenvalue weighted by Crippen LogP contribution is 2.29. The molecule has 8 nitrogen and oxygen atoms in total. The summed E-state index contributed by atoms with van der Waals surface area (Å²) in [5.74, 6) is 0.0508. The number of hydrogen-bond donors (Lipinski definition) is 2. The fourth-order valence-electron chi connectivity index (χ4n) is 3.61. The smallest absolute Gasteiger partial charge is 0.343 e. The molecule has 0 aliphatic rings. The second-order valence-corrected chi connectivity index (χ2v) is 7.90. The number of fused-ring (bicyclic) bond motifs is 1. The van der Waals surface area contributed by atoms with E-state index in [-0.39, 0.29) is 17.1 Å². The maximum atomic E-state index is 12.6. The van der Waals surface area contributed by atoms with E-state index in [4.69, 9.17) is 14.2 Å². The van der Waals surface area contributed by atoms with Crippen molar-refractivity contribution in [3.8, 4) is 23.0 Å². The van der Waals surface area contributed by atoms with Gasteiger partial charge in [-0.05, 0) is 84.8 Å². The van der Waals surface area contributed by atoms with Gasteiger partial charge in [0.1, 0.15) is 11.5 Å². The second-order valence-electron chi connectivity index (χ2n) is 7.90. The van der Waals surface area contributed by atoms with E-state index < -0.39 is 11.9 Å². The van der Waals surface area contributed by atoms with Crippen LogP contribution in [0.2, 0.25) is 0 Å². The summed E-state index contributed by atoms with van der Waals surface area (Å²) in [5.41, 5.74) is 3.51. The van der Waals surface area contributed by atoms with Crippen LogP contribution in [-0.4, -0.2) is 36.4 Å². The second kappa shape index (κ2) is 11.7. The number of hydrogen-bond acceptors (Lipinski definition) is 7. The summed E-state index contributed by atoms with van der Waals surface area (Å²) in [5, 5.41) is 15.9. The molecule has 0 aliphatic heterocycles. The molecule has 0 saturated carbocycles. The van der Waals surface area contributed by atoms with Gasteiger partial charge in [-0.25, -0.2) is 10.2 Å². The zero-order valence-electron chi connectivity index (χ0n) is 20.4. The van der Waals surface area contributed by atoms with Gasteiger partial charge in [-0.1, -0.05) is 24.3 Å².